The summed E-state index contributed by atoms with van der Waals surface area (Å²) in [6.07, 6.45) is 4.95. The summed E-state index contributed by atoms with van der Waals surface area (Å²) in [7, 11) is 0. The summed E-state index contributed by atoms with van der Waals surface area (Å²) >= 11 is 0. The molecule has 3 aromatic rings. The maximum absolute atomic E-state index is 13.3. The SMILES string of the molecule is Cc1cc(F)ccc1Oc1cc(N2CCC(Cc3ccccc3)CC2)ncn1. The molecular weight excluding hydrogens is 353 g/mol. The van der Waals surface area contributed by atoms with Crippen LogP contribution in [0.2, 0.25) is 0 Å². The lowest BCUT2D eigenvalue weighted by Gasteiger charge is -2.32. The number of hydrogen-bond donors (Lipinski definition) is 0. The number of aromatic nitrogens is 2. The molecule has 0 radical (unpaired) electrons. The highest BCUT2D eigenvalue weighted by atomic mass is 19.1. The van der Waals surface area contributed by atoms with Crippen LogP contribution >= 0.6 is 0 Å². The van der Waals surface area contributed by atoms with E-state index in [0.29, 0.717) is 17.5 Å². The topological polar surface area (TPSA) is 38.2 Å². The normalized spacial score (nSPS) is 14.9. The molecule has 28 heavy (non-hydrogen) atoms. The van der Waals surface area contributed by atoms with Gasteiger partial charge in [0.15, 0.2) is 0 Å². The Morgan fingerprint density at radius 1 is 1.04 bits per heavy atom. The fraction of sp³-hybridized carbons (Fsp3) is 0.304. The second-order valence-corrected chi connectivity index (χ2v) is 7.35. The van der Waals surface area contributed by atoms with Crippen molar-refractivity contribution in [1.82, 2.24) is 9.97 Å². The number of hydrogen-bond acceptors (Lipinski definition) is 4. The zero-order valence-corrected chi connectivity index (χ0v) is 16.0. The Balaban J connectivity index is 1.38. The highest BCUT2D eigenvalue weighted by Gasteiger charge is 2.21. The minimum absolute atomic E-state index is 0.272. The van der Waals surface area contributed by atoms with Crippen molar-refractivity contribution < 1.29 is 9.13 Å². The molecule has 1 aliphatic rings. The van der Waals surface area contributed by atoms with Gasteiger partial charge in [0.2, 0.25) is 5.88 Å². The summed E-state index contributed by atoms with van der Waals surface area (Å²) in [5, 5.41) is 0. The first-order chi connectivity index (χ1) is 13.7. The number of halogens is 1. The number of piperidine rings is 1. The van der Waals surface area contributed by atoms with Gasteiger partial charge in [-0.2, -0.15) is 0 Å². The van der Waals surface area contributed by atoms with Gasteiger partial charge >= 0.3 is 0 Å². The fourth-order valence-corrected chi connectivity index (χ4v) is 3.71. The van der Waals surface area contributed by atoms with Crippen molar-refractivity contribution in [2.45, 2.75) is 26.2 Å². The Kier molecular flexibility index (Phi) is 5.51. The predicted octanol–water partition coefficient (Wildman–Crippen LogP) is 5.18. The third-order valence-corrected chi connectivity index (χ3v) is 5.28. The Hall–Kier alpha value is -2.95. The molecule has 4 nitrogen and oxygen atoms in total. The minimum atomic E-state index is -0.272. The summed E-state index contributed by atoms with van der Waals surface area (Å²) < 4.78 is 19.1. The van der Waals surface area contributed by atoms with E-state index in [2.05, 4.69) is 45.2 Å². The van der Waals surface area contributed by atoms with E-state index < -0.39 is 0 Å². The average Bonchev–Trinajstić information content (AvgIpc) is 2.72. The molecule has 0 saturated carbocycles. The van der Waals surface area contributed by atoms with E-state index in [1.165, 1.54) is 24.0 Å². The Labute approximate surface area is 165 Å². The molecule has 5 heteroatoms. The van der Waals surface area contributed by atoms with Gasteiger partial charge in [-0.15, -0.1) is 0 Å². The second-order valence-electron chi connectivity index (χ2n) is 7.35. The van der Waals surface area contributed by atoms with Gasteiger partial charge in [0.25, 0.3) is 0 Å². The third kappa shape index (κ3) is 4.47. The molecule has 0 atom stereocenters. The second kappa shape index (κ2) is 8.38. The number of aryl methyl sites for hydroxylation is 1. The van der Waals surface area contributed by atoms with E-state index in [1.54, 1.807) is 6.07 Å². The molecule has 0 amide bonds. The predicted molar refractivity (Wildman–Crippen MR) is 108 cm³/mol. The third-order valence-electron chi connectivity index (χ3n) is 5.28. The lowest BCUT2D eigenvalue weighted by Crippen LogP contribution is -2.34. The van der Waals surface area contributed by atoms with E-state index in [9.17, 15) is 4.39 Å². The summed E-state index contributed by atoms with van der Waals surface area (Å²) in [5.41, 5.74) is 2.15. The van der Waals surface area contributed by atoms with Crippen LogP contribution in [0.3, 0.4) is 0 Å². The largest absolute Gasteiger partial charge is 0.439 e. The van der Waals surface area contributed by atoms with Gasteiger partial charge in [-0.05, 0) is 61.4 Å². The molecule has 0 N–H and O–H groups in total. The van der Waals surface area contributed by atoms with Crippen LogP contribution in [0.1, 0.15) is 24.0 Å². The van der Waals surface area contributed by atoms with Crippen LogP contribution in [0, 0.1) is 18.7 Å². The van der Waals surface area contributed by atoms with E-state index in [-0.39, 0.29) is 5.82 Å². The van der Waals surface area contributed by atoms with Gasteiger partial charge in [-0.1, -0.05) is 30.3 Å². The Bertz CT molecular complexity index is 924. The van der Waals surface area contributed by atoms with Crippen LogP contribution in [0.5, 0.6) is 11.6 Å². The highest BCUT2D eigenvalue weighted by Crippen LogP contribution is 2.28. The van der Waals surface area contributed by atoms with Gasteiger partial charge in [0, 0.05) is 19.2 Å². The molecule has 144 valence electrons. The quantitative estimate of drug-likeness (QED) is 0.614. The van der Waals surface area contributed by atoms with Crippen molar-refractivity contribution in [2.75, 3.05) is 18.0 Å². The van der Waals surface area contributed by atoms with Crippen LogP contribution in [0.25, 0.3) is 0 Å². The number of anilines is 1. The van der Waals surface area contributed by atoms with Crippen LogP contribution in [0.4, 0.5) is 10.2 Å². The number of rotatable bonds is 5. The van der Waals surface area contributed by atoms with Crippen molar-refractivity contribution in [3.05, 3.63) is 77.9 Å². The van der Waals surface area contributed by atoms with Crippen LogP contribution in [-0.4, -0.2) is 23.1 Å². The molecule has 1 aromatic heterocycles. The van der Waals surface area contributed by atoms with Crippen LogP contribution in [0.15, 0.2) is 60.9 Å². The van der Waals surface area contributed by atoms with Gasteiger partial charge in [0.05, 0.1) is 0 Å². The standard InChI is InChI=1S/C23H24FN3O/c1-17-13-20(24)7-8-21(17)28-23-15-22(25-16-26-23)27-11-9-19(10-12-27)14-18-5-3-2-4-6-18/h2-8,13,15-16,19H,9-12,14H2,1H3. The number of benzene rings is 2. The van der Waals surface area contributed by atoms with Crippen molar-refractivity contribution >= 4 is 5.82 Å². The van der Waals surface area contributed by atoms with Gasteiger partial charge in [0.1, 0.15) is 23.7 Å². The lowest BCUT2D eigenvalue weighted by molar-refractivity contribution is 0.401. The van der Waals surface area contributed by atoms with Crippen molar-refractivity contribution in [2.24, 2.45) is 5.92 Å². The molecule has 1 saturated heterocycles. The summed E-state index contributed by atoms with van der Waals surface area (Å²) in [4.78, 5) is 10.9. The molecule has 0 spiro atoms. The first kappa shape index (κ1) is 18.4. The highest BCUT2D eigenvalue weighted by molar-refractivity contribution is 5.43. The van der Waals surface area contributed by atoms with Gasteiger partial charge < -0.3 is 9.64 Å². The first-order valence-corrected chi connectivity index (χ1v) is 9.72. The molecule has 0 bridgehead atoms. The lowest BCUT2D eigenvalue weighted by atomic mass is 9.90. The fourth-order valence-electron chi connectivity index (χ4n) is 3.71. The van der Waals surface area contributed by atoms with Gasteiger partial charge in [-0.3, -0.25) is 0 Å². The summed E-state index contributed by atoms with van der Waals surface area (Å²) in [5.74, 6) is 2.39. The molecule has 1 aliphatic heterocycles. The van der Waals surface area contributed by atoms with E-state index in [0.717, 1.165) is 43.7 Å². The summed E-state index contributed by atoms with van der Waals surface area (Å²) in [6.45, 7) is 3.77. The Morgan fingerprint density at radius 3 is 2.57 bits per heavy atom. The van der Waals surface area contributed by atoms with E-state index >= 15 is 0 Å². The molecule has 0 unspecified atom stereocenters. The molecule has 4 rings (SSSR count). The smallest absolute Gasteiger partial charge is 0.224 e. The van der Waals surface area contributed by atoms with Crippen molar-refractivity contribution in [3.63, 3.8) is 0 Å². The average molecular weight is 377 g/mol. The molecule has 1 fully saturated rings. The van der Waals surface area contributed by atoms with Crippen LogP contribution in [-0.2, 0) is 6.42 Å². The zero-order valence-electron chi connectivity index (χ0n) is 16.0. The van der Waals surface area contributed by atoms with E-state index in [1.807, 2.05) is 13.0 Å². The number of nitrogens with zero attached hydrogens (tertiary/aromatic N) is 3. The van der Waals surface area contributed by atoms with E-state index in [4.69, 9.17) is 4.74 Å². The van der Waals surface area contributed by atoms with Crippen molar-refractivity contribution in [3.8, 4) is 11.6 Å². The summed E-state index contributed by atoms with van der Waals surface area (Å²) in [6, 6.07) is 17.0. The van der Waals surface area contributed by atoms with Crippen molar-refractivity contribution in [1.29, 1.82) is 0 Å². The number of ether oxygens (including phenoxy) is 1. The Morgan fingerprint density at radius 2 is 1.82 bits per heavy atom. The maximum atomic E-state index is 13.3. The zero-order chi connectivity index (χ0) is 19.3. The first-order valence-electron chi connectivity index (χ1n) is 9.72. The molecule has 2 aromatic carbocycles. The molecule has 2 heterocycles. The molecule has 0 aliphatic carbocycles. The van der Waals surface area contributed by atoms with Crippen LogP contribution < -0.4 is 9.64 Å². The minimum Gasteiger partial charge on any atom is -0.439 e. The maximum Gasteiger partial charge on any atom is 0.224 e. The monoisotopic (exact) mass is 377 g/mol. The molecular formula is C23H24FN3O. The van der Waals surface area contributed by atoms with Gasteiger partial charge in [-0.25, -0.2) is 14.4 Å².